The average Bonchev–Trinajstić information content (AvgIpc) is 2.76. The van der Waals surface area contributed by atoms with E-state index in [-0.39, 0.29) is 0 Å². The van der Waals surface area contributed by atoms with Crippen LogP contribution in [0.1, 0.15) is 22.3 Å². The molecule has 0 saturated carbocycles. The highest BCUT2D eigenvalue weighted by Crippen LogP contribution is 2.29. The van der Waals surface area contributed by atoms with Crippen LogP contribution in [0.3, 0.4) is 0 Å². The number of aromatic amines is 1. The minimum Gasteiger partial charge on any atom is -0.355 e. The molecule has 19 heavy (non-hydrogen) atoms. The van der Waals surface area contributed by atoms with E-state index in [0.717, 1.165) is 0 Å². The molecule has 0 saturated heterocycles. The van der Waals surface area contributed by atoms with Crippen LogP contribution in [-0.2, 0) is 0 Å². The number of aromatic nitrogens is 1. The van der Waals surface area contributed by atoms with Crippen LogP contribution in [0.2, 0.25) is 0 Å². The van der Waals surface area contributed by atoms with Gasteiger partial charge in [0, 0.05) is 22.2 Å². The van der Waals surface area contributed by atoms with Gasteiger partial charge in [0.25, 0.3) is 0 Å². The lowest BCUT2D eigenvalue weighted by Gasteiger charge is -2.04. The first-order valence-electron chi connectivity index (χ1n) is 6.72. The number of rotatable bonds is 1. The standard InChI is InChI=1S/C18H19N/c1-11-5-6-13(3)15(8-11)18-10-16-14(4)7-12(2)9-17(16)19-18/h5-10,19H,1-4H3. The van der Waals surface area contributed by atoms with Gasteiger partial charge in [0.05, 0.1) is 0 Å². The molecule has 3 aromatic rings. The van der Waals surface area contributed by atoms with Crippen molar-refractivity contribution in [2.45, 2.75) is 27.7 Å². The van der Waals surface area contributed by atoms with Crippen molar-refractivity contribution in [3.63, 3.8) is 0 Å². The molecule has 0 unspecified atom stereocenters. The number of hydrogen-bond acceptors (Lipinski definition) is 0. The summed E-state index contributed by atoms with van der Waals surface area (Å²) in [6.45, 7) is 8.63. The van der Waals surface area contributed by atoms with E-state index in [4.69, 9.17) is 0 Å². The van der Waals surface area contributed by atoms with Crippen molar-refractivity contribution in [1.29, 1.82) is 0 Å². The highest BCUT2D eigenvalue weighted by molar-refractivity contribution is 5.89. The summed E-state index contributed by atoms with van der Waals surface area (Å²) in [5.41, 5.74) is 8.99. The molecule has 0 fully saturated rings. The summed E-state index contributed by atoms with van der Waals surface area (Å²) in [5.74, 6) is 0. The molecule has 1 nitrogen and oxygen atoms in total. The number of benzene rings is 2. The first-order valence-corrected chi connectivity index (χ1v) is 6.72. The zero-order valence-corrected chi connectivity index (χ0v) is 12.0. The van der Waals surface area contributed by atoms with Crippen LogP contribution >= 0.6 is 0 Å². The molecule has 0 atom stereocenters. The Kier molecular flexibility index (Phi) is 2.70. The van der Waals surface area contributed by atoms with Gasteiger partial charge in [-0.25, -0.2) is 0 Å². The maximum absolute atomic E-state index is 3.56. The Morgan fingerprint density at radius 2 is 1.53 bits per heavy atom. The Morgan fingerprint density at radius 1 is 0.737 bits per heavy atom. The van der Waals surface area contributed by atoms with E-state index in [0.29, 0.717) is 0 Å². The predicted octanol–water partition coefficient (Wildman–Crippen LogP) is 5.07. The Balaban J connectivity index is 2.26. The topological polar surface area (TPSA) is 15.8 Å². The Labute approximate surface area is 114 Å². The van der Waals surface area contributed by atoms with E-state index in [1.54, 1.807) is 0 Å². The zero-order valence-electron chi connectivity index (χ0n) is 12.0. The first-order chi connectivity index (χ1) is 9.04. The summed E-state index contributed by atoms with van der Waals surface area (Å²) in [5, 5.41) is 1.32. The molecule has 0 aliphatic heterocycles. The summed E-state index contributed by atoms with van der Waals surface area (Å²) in [6, 6.07) is 13.3. The molecule has 0 amide bonds. The number of aryl methyl sites for hydroxylation is 4. The minimum absolute atomic E-state index is 1.21. The van der Waals surface area contributed by atoms with Crippen LogP contribution in [0.4, 0.5) is 0 Å². The average molecular weight is 249 g/mol. The zero-order chi connectivity index (χ0) is 13.6. The molecule has 0 spiro atoms. The maximum Gasteiger partial charge on any atom is 0.0467 e. The van der Waals surface area contributed by atoms with Gasteiger partial charge in [-0.3, -0.25) is 0 Å². The van der Waals surface area contributed by atoms with Crippen molar-refractivity contribution in [1.82, 2.24) is 4.98 Å². The van der Waals surface area contributed by atoms with E-state index >= 15 is 0 Å². The smallest absolute Gasteiger partial charge is 0.0467 e. The van der Waals surface area contributed by atoms with Gasteiger partial charge in [-0.2, -0.15) is 0 Å². The summed E-state index contributed by atoms with van der Waals surface area (Å²) < 4.78 is 0. The molecule has 1 aromatic heterocycles. The lowest BCUT2D eigenvalue weighted by atomic mass is 10.0. The van der Waals surface area contributed by atoms with Crippen LogP contribution in [0.5, 0.6) is 0 Å². The normalized spacial score (nSPS) is 11.2. The van der Waals surface area contributed by atoms with Crippen molar-refractivity contribution in [2.24, 2.45) is 0 Å². The molecule has 0 aliphatic carbocycles. The lowest BCUT2D eigenvalue weighted by Crippen LogP contribution is -1.84. The molecule has 1 N–H and O–H groups in total. The summed E-state index contributed by atoms with van der Waals surface area (Å²) in [7, 11) is 0. The SMILES string of the molecule is Cc1ccc(C)c(-c2cc3c(C)cc(C)cc3[nH]2)c1. The van der Waals surface area contributed by atoms with Crippen molar-refractivity contribution < 1.29 is 0 Å². The van der Waals surface area contributed by atoms with Crippen LogP contribution in [0, 0.1) is 27.7 Å². The second-order valence-corrected chi connectivity index (χ2v) is 5.54. The Hall–Kier alpha value is -2.02. The van der Waals surface area contributed by atoms with E-state index in [2.05, 4.69) is 69.1 Å². The number of nitrogens with one attached hydrogen (secondary N) is 1. The van der Waals surface area contributed by atoms with E-state index in [9.17, 15) is 0 Å². The quantitative estimate of drug-likeness (QED) is 0.620. The van der Waals surface area contributed by atoms with Crippen molar-refractivity contribution in [3.8, 4) is 11.3 Å². The van der Waals surface area contributed by atoms with Gasteiger partial charge in [-0.15, -0.1) is 0 Å². The van der Waals surface area contributed by atoms with Crippen LogP contribution in [0.25, 0.3) is 22.2 Å². The summed E-state index contributed by atoms with van der Waals surface area (Å²) in [6.07, 6.45) is 0. The molecular formula is C18H19N. The van der Waals surface area contributed by atoms with Gasteiger partial charge < -0.3 is 4.98 Å². The maximum atomic E-state index is 3.56. The molecule has 0 aliphatic rings. The second-order valence-electron chi connectivity index (χ2n) is 5.54. The van der Waals surface area contributed by atoms with Crippen LogP contribution in [0.15, 0.2) is 36.4 Å². The third-order valence-corrected chi connectivity index (χ3v) is 3.77. The van der Waals surface area contributed by atoms with Gasteiger partial charge in [0.2, 0.25) is 0 Å². The molecule has 1 heterocycles. The fourth-order valence-corrected chi connectivity index (χ4v) is 2.77. The van der Waals surface area contributed by atoms with E-state index in [1.165, 1.54) is 44.4 Å². The minimum atomic E-state index is 1.21. The molecular weight excluding hydrogens is 230 g/mol. The fraction of sp³-hybridized carbons (Fsp3) is 0.222. The molecule has 0 bridgehead atoms. The van der Waals surface area contributed by atoms with E-state index < -0.39 is 0 Å². The highest BCUT2D eigenvalue weighted by Gasteiger charge is 2.08. The van der Waals surface area contributed by atoms with Gasteiger partial charge in [-0.1, -0.05) is 23.8 Å². The molecule has 3 rings (SSSR count). The Morgan fingerprint density at radius 3 is 2.32 bits per heavy atom. The summed E-state index contributed by atoms with van der Waals surface area (Å²) >= 11 is 0. The monoisotopic (exact) mass is 249 g/mol. The van der Waals surface area contributed by atoms with Gasteiger partial charge in [0.1, 0.15) is 0 Å². The van der Waals surface area contributed by atoms with Crippen molar-refractivity contribution in [3.05, 3.63) is 58.7 Å². The largest absolute Gasteiger partial charge is 0.355 e. The number of fused-ring (bicyclic) bond motifs is 1. The Bertz CT molecular complexity index is 763. The molecule has 96 valence electrons. The van der Waals surface area contributed by atoms with Crippen molar-refractivity contribution in [2.75, 3.05) is 0 Å². The first kappa shape index (κ1) is 12.0. The summed E-state index contributed by atoms with van der Waals surface area (Å²) in [4.78, 5) is 3.56. The second kappa shape index (κ2) is 4.27. The van der Waals surface area contributed by atoms with Gasteiger partial charge >= 0.3 is 0 Å². The van der Waals surface area contributed by atoms with E-state index in [1.807, 2.05) is 0 Å². The highest BCUT2D eigenvalue weighted by atomic mass is 14.7. The van der Waals surface area contributed by atoms with Gasteiger partial charge in [-0.05, 0) is 62.6 Å². The molecule has 2 aromatic carbocycles. The van der Waals surface area contributed by atoms with Gasteiger partial charge in [0.15, 0.2) is 0 Å². The molecule has 0 radical (unpaired) electrons. The fourth-order valence-electron chi connectivity index (χ4n) is 2.77. The van der Waals surface area contributed by atoms with Crippen LogP contribution in [-0.4, -0.2) is 4.98 Å². The number of hydrogen-bond donors (Lipinski definition) is 1. The third-order valence-electron chi connectivity index (χ3n) is 3.77. The van der Waals surface area contributed by atoms with Crippen LogP contribution < -0.4 is 0 Å². The van der Waals surface area contributed by atoms with Crippen molar-refractivity contribution >= 4 is 10.9 Å². The lowest BCUT2D eigenvalue weighted by molar-refractivity contribution is 1.35. The third kappa shape index (κ3) is 2.06. The predicted molar refractivity (Wildman–Crippen MR) is 82.7 cm³/mol. The molecule has 1 heteroatoms. The number of H-pyrrole nitrogens is 1.